The van der Waals surface area contributed by atoms with Gasteiger partial charge in [-0.3, -0.25) is 4.79 Å². The molecule has 0 bridgehead atoms. The normalized spacial score (nSPS) is 20.6. The number of hydrogen-bond donors (Lipinski definition) is 1. The average molecular weight is 468 g/mol. The minimum atomic E-state index is -3.69. The summed E-state index contributed by atoms with van der Waals surface area (Å²) in [6, 6.07) is 6.01. The van der Waals surface area contributed by atoms with Crippen molar-refractivity contribution < 1.29 is 27.5 Å². The first kappa shape index (κ1) is 24.5. The van der Waals surface area contributed by atoms with Crippen LogP contribution in [0.2, 0.25) is 0 Å². The van der Waals surface area contributed by atoms with Crippen LogP contribution in [-0.2, 0) is 19.5 Å². The summed E-state index contributed by atoms with van der Waals surface area (Å²) >= 11 is 0. The van der Waals surface area contributed by atoms with Crippen LogP contribution >= 0.6 is 0 Å². The molecule has 2 aliphatic rings. The van der Waals surface area contributed by atoms with Crippen molar-refractivity contribution in [1.29, 1.82) is 0 Å². The first-order chi connectivity index (χ1) is 15.1. The number of benzene rings is 1. The summed E-state index contributed by atoms with van der Waals surface area (Å²) in [7, 11) is -3.69. The molecule has 178 valence electrons. The predicted octanol–water partition coefficient (Wildman–Crippen LogP) is 2.23. The number of amides is 2. The van der Waals surface area contributed by atoms with Gasteiger partial charge in [-0.15, -0.1) is 0 Å². The molecule has 2 heterocycles. The molecule has 0 aromatic heterocycles. The van der Waals surface area contributed by atoms with E-state index in [2.05, 4.69) is 5.32 Å². The fraction of sp³-hybridized carbons (Fsp3) is 0.636. The first-order valence-electron chi connectivity index (χ1n) is 11.0. The largest absolute Gasteiger partial charge is 0.444 e. The second-order valence-electron chi connectivity index (χ2n) is 9.08. The van der Waals surface area contributed by atoms with Gasteiger partial charge < -0.3 is 19.7 Å². The van der Waals surface area contributed by atoms with E-state index in [1.807, 2.05) is 0 Å². The van der Waals surface area contributed by atoms with Gasteiger partial charge in [0.1, 0.15) is 5.60 Å². The van der Waals surface area contributed by atoms with Crippen LogP contribution < -0.4 is 5.32 Å². The van der Waals surface area contributed by atoms with E-state index in [1.54, 1.807) is 37.8 Å². The molecular weight excluding hydrogens is 434 g/mol. The van der Waals surface area contributed by atoms with Gasteiger partial charge in [0.25, 0.3) is 5.91 Å². The van der Waals surface area contributed by atoms with Gasteiger partial charge in [0.15, 0.2) is 0 Å². The third kappa shape index (κ3) is 6.20. The summed E-state index contributed by atoms with van der Waals surface area (Å²) in [5.41, 5.74) is -0.276. The van der Waals surface area contributed by atoms with Crippen LogP contribution in [0.4, 0.5) is 4.79 Å². The summed E-state index contributed by atoms with van der Waals surface area (Å²) in [5, 5.41) is 2.75. The summed E-state index contributed by atoms with van der Waals surface area (Å²) in [6.45, 7) is 7.53. The smallest absolute Gasteiger partial charge is 0.407 e. The summed E-state index contributed by atoms with van der Waals surface area (Å²) < 4.78 is 37.9. The lowest BCUT2D eigenvalue weighted by Gasteiger charge is -2.36. The average Bonchev–Trinajstić information content (AvgIpc) is 2.77. The van der Waals surface area contributed by atoms with E-state index in [0.29, 0.717) is 38.4 Å². The Morgan fingerprint density at radius 3 is 2.56 bits per heavy atom. The molecule has 1 aromatic rings. The number of sulfonamides is 1. The second-order valence-corrected chi connectivity index (χ2v) is 11.0. The van der Waals surface area contributed by atoms with Gasteiger partial charge in [0.05, 0.1) is 18.1 Å². The quantitative estimate of drug-likeness (QED) is 0.712. The molecule has 2 aliphatic heterocycles. The number of nitrogens with one attached hydrogen (secondary N) is 1. The highest BCUT2D eigenvalue weighted by molar-refractivity contribution is 7.89. The lowest BCUT2D eigenvalue weighted by molar-refractivity contribution is 0.0462. The number of carbonyl (C=O) groups excluding carboxylic acids is 2. The fourth-order valence-corrected chi connectivity index (χ4v) is 5.34. The highest BCUT2D eigenvalue weighted by Crippen LogP contribution is 2.23. The van der Waals surface area contributed by atoms with Crippen molar-refractivity contribution in [2.24, 2.45) is 0 Å². The van der Waals surface area contributed by atoms with Crippen LogP contribution in [-0.4, -0.2) is 80.7 Å². The van der Waals surface area contributed by atoms with Crippen molar-refractivity contribution >= 4 is 22.0 Å². The molecule has 1 atom stereocenters. The van der Waals surface area contributed by atoms with E-state index in [-0.39, 0.29) is 23.4 Å². The zero-order valence-electron chi connectivity index (χ0n) is 19.0. The van der Waals surface area contributed by atoms with Crippen molar-refractivity contribution in [1.82, 2.24) is 14.5 Å². The van der Waals surface area contributed by atoms with Crippen LogP contribution in [0.5, 0.6) is 0 Å². The molecule has 0 radical (unpaired) electrons. The van der Waals surface area contributed by atoms with Gasteiger partial charge in [-0.2, -0.15) is 4.31 Å². The molecule has 0 aliphatic carbocycles. The van der Waals surface area contributed by atoms with E-state index in [1.165, 1.54) is 16.4 Å². The van der Waals surface area contributed by atoms with E-state index in [0.717, 1.165) is 19.3 Å². The third-order valence-electron chi connectivity index (χ3n) is 5.46. The van der Waals surface area contributed by atoms with Gasteiger partial charge in [0, 0.05) is 37.8 Å². The molecule has 1 N–H and O–H groups in total. The van der Waals surface area contributed by atoms with Gasteiger partial charge in [0.2, 0.25) is 10.0 Å². The molecule has 0 saturated carbocycles. The summed E-state index contributed by atoms with van der Waals surface area (Å²) in [6.07, 6.45) is 2.05. The summed E-state index contributed by atoms with van der Waals surface area (Å²) in [5.74, 6) is -0.236. The fourth-order valence-electron chi connectivity index (χ4n) is 3.89. The maximum atomic E-state index is 13.3. The minimum absolute atomic E-state index is 0.102. The molecule has 32 heavy (non-hydrogen) atoms. The van der Waals surface area contributed by atoms with Gasteiger partial charge in [-0.1, -0.05) is 6.07 Å². The number of likely N-dealkylation sites (tertiary alicyclic amines) is 1. The Balaban J connectivity index is 1.72. The molecular formula is C22H33N3O6S. The first-order valence-corrected chi connectivity index (χ1v) is 12.5. The van der Waals surface area contributed by atoms with Crippen molar-refractivity contribution in [3.8, 4) is 0 Å². The highest BCUT2D eigenvalue weighted by atomic mass is 32.2. The molecule has 1 aromatic carbocycles. The standard InChI is InChI=1S/C22H33N3O6S/c1-22(2,3)31-21(27)23-16-18-8-4-5-10-25(18)20(26)17-7-6-9-19(15-17)32(28,29)24-11-13-30-14-12-24/h6-7,9,15,18H,4-5,8,10-14,16H2,1-3H3,(H,23,27). The Bertz CT molecular complexity index is 922. The predicted molar refractivity (Wildman–Crippen MR) is 119 cm³/mol. The van der Waals surface area contributed by atoms with Crippen LogP contribution in [0.25, 0.3) is 0 Å². The monoisotopic (exact) mass is 467 g/mol. The van der Waals surface area contributed by atoms with Crippen LogP contribution in [0.1, 0.15) is 50.4 Å². The zero-order chi connectivity index (χ0) is 23.4. The second kappa shape index (κ2) is 10.2. The molecule has 2 amide bonds. The number of alkyl carbamates (subject to hydrolysis) is 1. The third-order valence-corrected chi connectivity index (χ3v) is 7.35. The number of ether oxygens (including phenoxy) is 2. The zero-order valence-corrected chi connectivity index (χ0v) is 19.8. The maximum absolute atomic E-state index is 13.3. The number of piperidine rings is 1. The highest BCUT2D eigenvalue weighted by Gasteiger charge is 2.31. The van der Waals surface area contributed by atoms with Gasteiger partial charge in [-0.05, 0) is 58.2 Å². The molecule has 0 spiro atoms. The van der Waals surface area contributed by atoms with E-state index >= 15 is 0 Å². The van der Waals surface area contributed by atoms with Crippen molar-refractivity contribution in [3.63, 3.8) is 0 Å². The van der Waals surface area contributed by atoms with E-state index < -0.39 is 21.7 Å². The van der Waals surface area contributed by atoms with E-state index in [4.69, 9.17) is 9.47 Å². The number of morpholine rings is 1. The maximum Gasteiger partial charge on any atom is 0.407 e. The van der Waals surface area contributed by atoms with Crippen molar-refractivity contribution in [2.45, 2.75) is 56.6 Å². The Morgan fingerprint density at radius 1 is 1.16 bits per heavy atom. The van der Waals surface area contributed by atoms with E-state index in [9.17, 15) is 18.0 Å². The Kier molecular flexibility index (Phi) is 7.79. The molecule has 3 rings (SSSR count). The van der Waals surface area contributed by atoms with Gasteiger partial charge in [-0.25, -0.2) is 13.2 Å². The molecule has 9 nitrogen and oxygen atoms in total. The topological polar surface area (TPSA) is 105 Å². The number of nitrogens with zero attached hydrogens (tertiary/aromatic N) is 2. The number of hydrogen-bond acceptors (Lipinski definition) is 6. The lowest BCUT2D eigenvalue weighted by Crippen LogP contribution is -2.50. The van der Waals surface area contributed by atoms with Gasteiger partial charge >= 0.3 is 6.09 Å². The van der Waals surface area contributed by atoms with Crippen LogP contribution in [0.3, 0.4) is 0 Å². The summed E-state index contributed by atoms with van der Waals surface area (Å²) in [4.78, 5) is 27.2. The Labute approximate surface area is 190 Å². The minimum Gasteiger partial charge on any atom is -0.444 e. The molecule has 2 saturated heterocycles. The molecule has 10 heteroatoms. The lowest BCUT2D eigenvalue weighted by atomic mass is 10.0. The molecule has 2 fully saturated rings. The van der Waals surface area contributed by atoms with Crippen LogP contribution in [0, 0.1) is 0 Å². The Morgan fingerprint density at radius 2 is 1.88 bits per heavy atom. The van der Waals surface area contributed by atoms with Crippen molar-refractivity contribution in [2.75, 3.05) is 39.4 Å². The van der Waals surface area contributed by atoms with Crippen LogP contribution in [0.15, 0.2) is 29.2 Å². The number of carbonyl (C=O) groups is 2. The van der Waals surface area contributed by atoms with Crippen molar-refractivity contribution in [3.05, 3.63) is 29.8 Å². The SMILES string of the molecule is CC(C)(C)OC(=O)NCC1CCCCN1C(=O)c1cccc(S(=O)(=O)N2CCOCC2)c1. The number of rotatable bonds is 5. The Hall–Kier alpha value is -2.17. The molecule has 1 unspecified atom stereocenters.